The van der Waals surface area contributed by atoms with Gasteiger partial charge in [0.2, 0.25) is 0 Å². The minimum absolute atomic E-state index is 0. The van der Waals surface area contributed by atoms with Crippen LogP contribution in [0.1, 0.15) is 19.3 Å². The molecule has 0 spiro atoms. The number of carboxylic acid groups (broad SMARTS) is 9. The van der Waals surface area contributed by atoms with Crippen LogP contribution in [-0.2, 0) is 43.2 Å². The Balaban J connectivity index is -0.000000123. The number of rotatable bonds is 15. The minimum atomic E-state index is -3.40. The molecule has 0 bridgehead atoms. The quantitative estimate of drug-likeness (QED) is 0.0721. The summed E-state index contributed by atoms with van der Waals surface area (Å²) in [4.78, 5) is 91.0. The van der Waals surface area contributed by atoms with E-state index < -0.39 is 108 Å². The first-order valence-electron chi connectivity index (χ1n) is 9.78. The van der Waals surface area contributed by atoms with Crippen molar-refractivity contribution in [2.45, 2.75) is 54.4 Å². The van der Waals surface area contributed by atoms with Gasteiger partial charge in [0.15, 0.2) is 18.3 Å². The number of hydrogen-bond acceptors (Lipinski definition) is 21. The molecule has 0 aliphatic heterocycles. The molecule has 0 aromatic rings. The molecule has 24 nitrogen and oxygen atoms in total. The van der Waals surface area contributed by atoms with Crippen LogP contribution in [0.25, 0.3) is 0 Å². The fraction of sp³-hybridized carbons (Fsp3) is 0.500. The molecule has 6 unspecified atom stereocenters. The maximum atomic E-state index is 10.2. The van der Waals surface area contributed by atoms with E-state index in [1.807, 2.05) is 0 Å². The van der Waals surface area contributed by atoms with E-state index >= 15 is 0 Å². The van der Waals surface area contributed by atoms with E-state index in [9.17, 15) is 73.8 Å². The molecule has 0 radical (unpaired) electrons. The molecule has 0 heterocycles. The summed E-state index contributed by atoms with van der Waals surface area (Å²) in [5.74, 6) is -19.6. The average Bonchev–Trinajstić information content (AvgIpc) is 2.81. The summed E-state index contributed by atoms with van der Waals surface area (Å²) < 4.78 is 0. The Morgan fingerprint density at radius 1 is 0.422 bits per heavy atom. The molecule has 45 heavy (non-hydrogen) atoms. The second-order valence-electron chi connectivity index (χ2n) is 7.50. The van der Waals surface area contributed by atoms with E-state index in [1.165, 1.54) is 0 Å². The molecule has 240 valence electrons. The number of carboxylic acids is 9. The van der Waals surface area contributed by atoms with Gasteiger partial charge in [-0.05, 0) is 0 Å². The fourth-order valence-corrected chi connectivity index (χ4v) is 2.11. The first kappa shape index (κ1) is 55.4. The van der Waals surface area contributed by atoms with Crippen LogP contribution in [0.4, 0.5) is 0 Å². The average molecular weight is 687 g/mol. The van der Waals surface area contributed by atoms with Crippen LogP contribution >= 0.6 is 0 Å². The topological polar surface area (TPSA) is 474 Å². The molecular weight excluding hydrogens is 669 g/mol. The van der Waals surface area contributed by atoms with Gasteiger partial charge in [0.05, 0.1) is 17.9 Å². The van der Waals surface area contributed by atoms with Crippen molar-refractivity contribution >= 4 is 53.7 Å². The predicted octanol–water partition coefficient (Wildman–Crippen LogP) is -23.8. The SMILES string of the molecule is O=C([O-])CC(O)(C(=O)[O-])C(O)C(=O)O.O=C([O-])CC(O)(C(=O)[O-])C(O)C(=O)O.O=C([O-])CC(O)(C(=O)[O-])C(O)C(=O)O.[Na+].[Na+].[Na+]. The monoisotopic (exact) mass is 687 g/mol. The van der Waals surface area contributed by atoms with Gasteiger partial charge < -0.3 is 105 Å². The van der Waals surface area contributed by atoms with Crippen LogP contribution in [0.15, 0.2) is 0 Å². The van der Waals surface area contributed by atoms with Crippen molar-refractivity contribution in [3.63, 3.8) is 0 Å². The predicted molar refractivity (Wildman–Crippen MR) is 99.7 cm³/mol. The van der Waals surface area contributed by atoms with Gasteiger partial charge >= 0.3 is 107 Å². The Bertz CT molecular complexity index is 962. The Kier molecular flexibility index (Phi) is 28.7. The second-order valence-corrected chi connectivity index (χ2v) is 7.50. The van der Waals surface area contributed by atoms with Crippen molar-refractivity contribution in [3.05, 3.63) is 0 Å². The zero-order valence-electron chi connectivity index (χ0n) is 23.0. The molecule has 0 aliphatic rings. The van der Waals surface area contributed by atoms with Crippen LogP contribution in [0.5, 0.6) is 0 Å². The van der Waals surface area contributed by atoms with Gasteiger partial charge in [-0.2, -0.15) is 0 Å². The van der Waals surface area contributed by atoms with Crippen molar-refractivity contribution < 1.29 is 208 Å². The molecular formula is C18H18Na3O24-3. The van der Waals surface area contributed by atoms with Gasteiger partial charge in [-0.1, -0.05) is 0 Å². The van der Waals surface area contributed by atoms with Crippen LogP contribution in [0, 0.1) is 0 Å². The van der Waals surface area contributed by atoms with E-state index in [0.717, 1.165) is 0 Å². The van der Waals surface area contributed by atoms with Gasteiger partial charge in [0.1, 0.15) is 16.8 Å². The van der Waals surface area contributed by atoms with E-state index in [-0.39, 0.29) is 88.7 Å². The number of aliphatic hydroxyl groups excluding tert-OH is 3. The molecule has 6 atom stereocenters. The zero-order chi connectivity index (χ0) is 34.5. The summed E-state index contributed by atoms with van der Waals surface area (Å²) in [6, 6.07) is 0. The fourth-order valence-electron chi connectivity index (χ4n) is 2.11. The maximum Gasteiger partial charge on any atom is 1.00 e. The first-order valence-corrected chi connectivity index (χ1v) is 9.78. The van der Waals surface area contributed by atoms with Crippen molar-refractivity contribution in [3.8, 4) is 0 Å². The smallest absolute Gasteiger partial charge is 0.550 e. The maximum absolute atomic E-state index is 10.2. The number of hydrogen-bond donors (Lipinski definition) is 9. The van der Waals surface area contributed by atoms with Crippen LogP contribution in [-0.4, -0.2) is 135 Å². The van der Waals surface area contributed by atoms with E-state index in [1.54, 1.807) is 0 Å². The number of carbonyl (C=O) groups excluding carboxylic acids is 6. The zero-order valence-corrected chi connectivity index (χ0v) is 29.0. The van der Waals surface area contributed by atoms with Crippen LogP contribution in [0.3, 0.4) is 0 Å². The van der Waals surface area contributed by atoms with Gasteiger partial charge in [0.25, 0.3) is 0 Å². The molecule has 27 heteroatoms. The first-order chi connectivity index (χ1) is 18.6. The minimum Gasteiger partial charge on any atom is -0.550 e. The van der Waals surface area contributed by atoms with Crippen molar-refractivity contribution in [2.75, 3.05) is 0 Å². The van der Waals surface area contributed by atoms with E-state index in [2.05, 4.69) is 0 Å². The van der Waals surface area contributed by atoms with Crippen LogP contribution in [0.2, 0.25) is 0 Å². The standard InChI is InChI=1S/3C6H8O8.3Na/c3*7-2(8)1-6(14,5(12)13)3(9)4(10)11;;;/h3*3,9,14H,1H2,(H,7,8)(H,10,11)(H,12,13);;;/q;;;3*+1/p-6. The molecule has 0 rings (SSSR count). The van der Waals surface area contributed by atoms with E-state index in [0.29, 0.717) is 0 Å². The number of carbonyl (C=O) groups is 9. The van der Waals surface area contributed by atoms with Crippen LogP contribution < -0.4 is 119 Å². The normalized spacial score (nSPS) is 15.6. The molecule has 0 fully saturated rings. The molecule has 0 aliphatic carbocycles. The molecule has 0 aromatic heterocycles. The summed E-state index contributed by atoms with van der Waals surface area (Å²) in [5.41, 5.74) is -10.2. The summed E-state index contributed by atoms with van der Waals surface area (Å²) in [7, 11) is 0. The van der Waals surface area contributed by atoms with Gasteiger partial charge in [-0.15, -0.1) is 0 Å². The molecule has 0 amide bonds. The number of aliphatic carboxylic acids is 9. The largest absolute Gasteiger partial charge is 1.00 e. The second kappa shape index (κ2) is 23.3. The third kappa shape index (κ3) is 18.1. The van der Waals surface area contributed by atoms with Gasteiger partial charge in [0, 0.05) is 37.2 Å². The summed E-state index contributed by atoms with van der Waals surface area (Å²) in [5, 5.41) is 138. The third-order valence-corrected chi connectivity index (χ3v) is 4.36. The van der Waals surface area contributed by atoms with Crippen molar-refractivity contribution in [2.24, 2.45) is 0 Å². The molecule has 0 saturated heterocycles. The summed E-state index contributed by atoms with van der Waals surface area (Å²) in [6.45, 7) is 0. The summed E-state index contributed by atoms with van der Waals surface area (Å²) in [6.07, 6.45) is -13.1. The third-order valence-electron chi connectivity index (χ3n) is 4.36. The van der Waals surface area contributed by atoms with Gasteiger partial charge in [-0.25, -0.2) is 14.4 Å². The summed E-state index contributed by atoms with van der Waals surface area (Å²) >= 11 is 0. The number of aliphatic hydroxyl groups is 6. The molecule has 0 aromatic carbocycles. The van der Waals surface area contributed by atoms with Gasteiger partial charge in [-0.3, -0.25) is 0 Å². The Morgan fingerprint density at radius 2 is 0.556 bits per heavy atom. The van der Waals surface area contributed by atoms with E-state index in [4.69, 9.17) is 46.0 Å². The molecule has 9 N–H and O–H groups in total. The Hall–Kier alpha value is -2.01. The molecule has 0 saturated carbocycles. The Labute approximate surface area is 314 Å². The van der Waals surface area contributed by atoms with Crippen molar-refractivity contribution in [1.29, 1.82) is 0 Å². The van der Waals surface area contributed by atoms with Crippen molar-refractivity contribution in [1.82, 2.24) is 0 Å². The Morgan fingerprint density at radius 3 is 0.622 bits per heavy atom.